The summed E-state index contributed by atoms with van der Waals surface area (Å²) in [5.74, 6) is 0.350. The monoisotopic (exact) mass is 447 g/mol. The summed E-state index contributed by atoms with van der Waals surface area (Å²) in [6.07, 6.45) is 8.36. The second-order valence-corrected chi connectivity index (χ2v) is 9.84. The van der Waals surface area contributed by atoms with Crippen molar-refractivity contribution in [1.29, 1.82) is 0 Å². The highest BCUT2D eigenvalue weighted by molar-refractivity contribution is 5.99. The van der Waals surface area contributed by atoms with E-state index in [1.165, 1.54) is 12.0 Å². The van der Waals surface area contributed by atoms with Gasteiger partial charge in [0.05, 0.1) is 5.60 Å². The number of amides is 1. The van der Waals surface area contributed by atoms with Gasteiger partial charge in [-0.05, 0) is 69.3 Å². The van der Waals surface area contributed by atoms with E-state index in [1.54, 1.807) is 0 Å². The van der Waals surface area contributed by atoms with Crippen molar-refractivity contribution in [3.05, 3.63) is 65.2 Å². The number of aromatic nitrogens is 1. The maximum Gasteiger partial charge on any atom is 0.289 e. The summed E-state index contributed by atoms with van der Waals surface area (Å²) in [4.78, 5) is 21.8. The number of pyridine rings is 1. The molecule has 2 aliphatic heterocycles. The van der Waals surface area contributed by atoms with E-state index in [0.717, 1.165) is 41.5 Å². The number of carbonyl (C=O) groups excluding carboxylic acids is 1. The van der Waals surface area contributed by atoms with Gasteiger partial charge in [0.25, 0.3) is 5.91 Å². The third-order valence-electron chi connectivity index (χ3n) is 7.45. The van der Waals surface area contributed by atoms with Gasteiger partial charge in [-0.15, -0.1) is 0 Å². The van der Waals surface area contributed by atoms with Crippen molar-refractivity contribution >= 4 is 16.9 Å². The van der Waals surface area contributed by atoms with Gasteiger partial charge in [0.1, 0.15) is 5.58 Å². The normalized spacial score (nSPS) is 21.4. The molecule has 2 fully saturated rings. The lowest BCUT2D eigenvalue weighted by Gasteiger charge is -2.44. The summed E-state index contributed by atoms with van der Waals surface area (Å²) >= 11 is 0. The van der Waals surface area contributed by atoms with Gasteiger partial charge in [-0.1, -0.05) is 24.6 Å². The molecule has 3 aromatic rings. The third kappa shape index (κ3) is 4.42. The number of hydrogen-bond donors (Lipinski definition) is 1. The second-order valence-electron chi connectivity index (χ2n) is 9.84. The molecular formula is C27H33N3O3. The number of rotatable bonds is 4. The number of carbonyl (C=O) groups is 1. The van der Waals surface area contributed by atoms with E-state index in [9.17, 15) is 9.90 Å². The molecule has 1 atom stereocenters. The summed E-state index contributed by atoms with van der Waals surface area (Å²) in [6.45, 7) is 6.67. The number of hydrogen-bond acceptors (Lipinski definition) is 5. The highest BCUT2D eigenvalue weighted by Crippen LogP contribution is 2.35. The van der Waals surface area contributed by atoms with E-state index in [1.807, 2.05) is 55.4 Å². The molecule has 4 heterocycles. The fourth-order valence-corrected chi connectivity index (χ4v) is 5.47. The number of benzene rings is 1. The van der Waals surface area contributed by atoms with Gasteiger partial charge in [0.2, 0.25) is 0 Å². The number of β-amino-alcohol motifs (C(OH)–C–C–N with tert-alkyl or cyclic N) is 1. The molecule has 1 N–H and O–H groups in total. The van der Waals surface area contributed by atoms with Crippen LogP contribution < -0.4 is 0 Å². The Bertz CT molecular complexity index is 1130. The number of furan rings is 1. The molecule has 1 aromatic carbocycles. The zero-order chi connectivity index (χ0) is 23.0. The molecule has 6 heteroatoms. The minimum atomic E-state index is -0.783. The van der Waals surface area contributed by atoms with Crippen LogP contribution in [-0.2, 0) is 0 Å². The van der Waals surface area contributed by atoms with Crippen LogP contribution in [-0.4, -0.2) is 57.6 Å². The molecule has 0 radical (unpaired) electrons. The number of likely N-dealkylation sites (tertiary alicyclic amines) is 2. The fourth-order valence-electron chi connectivity index (χ4n) is 5.47. The van der Waals surface area contributed by atoms with Crippen molar-refractivity contribution in [3.63, 3.8) is 0 Å². The molecule has 0 bridgehead atoms. The highest BCUT2D eigenvalue weighted by Gasteiger charge is 2.39. The van der Waals surface area contributed by atoms with Crippen molar-refractivity contribution < 1.29 is 14.3 Å². The average Bonchev–Trinajstić information content (AvgIpc) is 3.15. The maximum atomic E-state index is 13.2. The van der Waals surface area contributed by atoms with Gasteiger partial charge in [-0.2, -0.15) is 0 Å². The SMILES string of the molecule is Cc1ccc2c(C)c(C(=O)N3CCC(O)(CN4CCCCC4c4cccnc4)CC3)oc2c1. The quantitative estimate of drug-likeness (QED) is 0.631. The van der Waals surface area contributed by atoms with Gasteiger partial charge in [-0.25, -0.2) is 0 Å². The molecule has 2 aliphatic rings. The third-order valence-corrected chi connectivity index (χ3v) is 7.45. The van der Waals surface area contributed by atoms with Crippen LogP contribution in [0.15, 0.2) is 47.1 Å². The minimum absolute atomic E-state index is 0.0744. The van der Waals surface area contributed by atoms with Gasteiger partial charge in [0.15, 0.2) is 5.76 Å². The number of fused-ring (bicyclic) bond motifs is 1. The molecule has 1 amide bonds. The Balaban J connectivity index is 1.26. The van der Waals surface area contributed by atoms with Crippen molar-refractivity contribution in [2.45, 2.75) is 57.6 Å². The first kappa shape index (κ1) is 22.1. The van der Waals surface area contributed by atoms with Crippen LogP contribution in [0, 0.1) is 13.8 Å². The van der Waals surface area contributed by atoms with Crippen LogP contribution in [0.4, 0.5) is 0 Å². The van der Waals surface area contributed by atoms with Gasteiger partial charge < -0.3 is 14.4 Å². The Labute approximate surface area is 195 Å². The number of piperidine rings is 2. The van der Waals surface area contributed by atoms with E-state index in [0.29, 0.717) is 44.3 Å². The molecule has 2 saturated heterocycles. The van der Waals surface area contributed by atoms with Crippen molar-refractivity contribution in [1.82, 2.24) is 14.8 Å². The summed E-state index contributed by atoms with van der Waals surface area (Å²) in [5, 5.41) is 12.4. The Hall–Kier alpha value is -2.70. The van der Waals surface area contributed by atoms with Crippen molar-refractivity contribution in [3.8, 4) is 0 Å². The Morgan fingerprint density at radius 1 is 1.18 bits per heavy atom. The van der Waals surface area contributed by atoms with Gasteiger partial charge in [-0.3, -0.25) is 14.7 Å². The summed E-state index contributed by atoms with van der Waals surface area (Å²) < 4.78 is 5.96. The largest absolute Gasteiger partial charge is 0.451 e. The zero-order valence-corrected chi connectivity index (χ0v) is 19.6. The molecule has 174 valence electrons. The summed E-state index contributed by atoms with van der Waals surface area (Å²) in [7, 11) is 0. The molecule has 0 saturated carbocycles. The van der Waals surface area contributed by atoms with E-state index in [2.05, 4.69) is 16.0 Å². The molecule has 33 heavy (non-hydrogen) atoms. The number of nitrogens with zero attached hydrogens (tertiary/aromatic N) is 3. The van der Waals surface area contributed by atoms with Crippen LogP contribution in [0.2, 0.25) is 0 Å². The Morgan fingerprint density at radius 2 is 2.00 bits per heavy atom. The number of aryl methyl sites for hydroxylation is 2. The smallest absolute Gasteiger partial charge is 0.289 e. The van der Waals surface area contributed by atoms with Crippen LogP contribution >= 0.6 is 0 Å². The van der Waals surface area contributed by atoms with E-state index in [-0.39, 0.29) is 5.91 Å². The van der Waals surface area contributed by atoms with Crippen molar-refractivity contribution in [2.24, 2.45) is 0 Å². The second kappa shape index (κ2) is 8.92. The Morgan fingerprint density at radius 3 is 2.76 bits per heavy atom. The van der Waals surface area contributed by atoms with Crippen LogP contribution in [0.1, 0.15) is 65.4 Å². The van der Waals surface area contributed by atoms with Crippen LogP contribution in [0.25, 0.3) is 11.0 Å². The predicted molar refractivity (Wildman–Crippen MR) is 128 cm³/mol. The standard InChI is InChI=1S/C27H33N3O3/c1-19-8-9-22-20(2)25(33-24(22)16-19)26(31)29-14-10-27(32,11-15-29)18-30-13-4-3-7-23(30)21-6-5-12-28-17-21/h5-6,8-9,12,16-17,23,32H,3-4,7,10-11,13-15,18H2,1-2H3. The minimum Gasteiger partial charge on any atom is -0.451 e. The van der Waals surface area contributed by atoms with Crippen LogP contribution in [0.5, 0.6) is 0 Å². The summed E-state index contributed by atoms with van der Waals surface area (Å²) in [5.41, 5.74) is 3.21. The molecule has 2 aromatic heterocycles. The molecule has 0 spiro atoms. The Kier molecular flexibility index (Phi) is 5.97. The van der Waals surface area contributed by atoms with Gasteiger partial charge in [0, 0.05) is 49.0 Å². The van der Waals surface area contributed by atoms with E-state index >= 15 is 0 Å². The molecule has 5 rings (SSSR count). The number of aliphatic hydroxyl groups is 1. The summed E-state index contributed by atoms with van der Waals surface area (Å²) in [6, 6.07) is 10.5. The maximum absolute atomic E-state index is 13.2. The lowest BCUT2D eigenvalue weighted by molar-refractivity contribution is -0.0543. The molecular weight excluding hydrogens is 414 g/mol. The van der Waals surface area contributed by atoms with E-state index < -0.39 is 5.60 Å². The van der Waals surface area contributed by atoms with Crippen molar-refractivity contribution in [2.75, 3.05) is 26.2 Å². The predicted octanol–water partition coefficient (Wildman–Crippen LogP) is 4.64. The fraction of sp³-hybridized carbons (Fsp3) is 0.481. The first-order valence-corrected chi connectivity index (χ1v) is 12.1. The average molecular weight is 448 g/mol. The lowest BCUT2D eigenvalue weighted by atomic mass is 9.88. The lowest BCUT2D eigenvalue weighted by Crippen LogP contribution is -2.53. The highest BCUT2D eigenvalue weighted by atomic mass is 16.3. The first-order valence-electron chi connectivity index (χ1n) is 12.1. The molecule has 1 unspecified atom stereocenters. The topological polar surface area (TPSA) is 69.8 Å². The van der Waals surface area contributed by atoms with Crippen LogP contribution in [0.3, 0.4) is 0 Å². The van der Waals surface area contributed by atoms with E-state index in [4.69, 9.17) is 4.42 Å². The first-order chi connectivity index (χ1) is 15.9. The molecule has 0 aliphatic carbocycles. The van der Waals surface area contributed by atoms with Gasteiger partial charge >= 0.3 is 0 Å². The zero-order valence-electron chi connectivity index (χ0n) is 19.6. The molecule has 6 nitrogen and oxygen atoms in total.